The van der Waals surface area contributed by atoms with Crippen LogP contribution in [0.1, 0.15) is 58.1 Å². The van der Waals surface area contributed by atoms with E-state index in [0.717, 1.165) is 5.56 Å². The maximum Gasteiger partial charge on any atom is 0.284 e. The molecule has 3 N–H and O–H groups in total. The van der Waals surface area contributed by atoms with E-state index in [0.29, 0.717) is 39.9 Å². The van der Waals surface area contributed by atoms with E-state index in [9.17, 15) is 9.59 Å². The first-order valence-corrected chi connectivity index (χ1v) is 9.03. The number of carbonyl (C=O) groups excluding carboxylic acids is 2. The van der Waals surface area contributed by atoms with Gasteiger partial charge in [0.05, 0.1) is 11.3 Å². The van der Waals surface area contributed by atoms with Gasteiger partial charge in [0.2, 0.25) is 0 Å². The van der Waals surface area contributed by atoms with Crippen molar-refractivity contribution in [2.75, 3.05) is 0 Å². The zero-order valence-corrected chi connectivity index (χ0v) is 16.4. The maximum absolute atomic E-state index is 12.4. The van der Waals surface area contributed by atoms with Gasteiger partial charge in [-0.15, -0.1) is 0 Å². The molecule has 0 saturated heterocycles. The van der Waals surface area contributed by atoms with Gasteiger partial charge in [-0.25, -0.2) is 5.43 Å². The first-order valence-electron chi connectivity index (χ1n) is 8.23. The molecule has 0 radical (unpaired) electrons. The zero-order valence-electron chi connectivity index (χ0n) is 14.9. The number of primary amides is 1. The Morgan fingerprint density at radius 2 is 1.96 bits per heavy atom. The van der Waals surface area contributed by atoms with Crippen LogP contribution in [0, 0.1) is 12.3 Å². The number of nitrogens with two attached hydrogens (primary N) is 1. The molecule has 1 aliphatic rings. The summed E-state index contributed by atoms with van der Waals surface area (Å²) < 4.78 is 6.39. The number of carbonyl (C=O) groups is 2. The normalized spacial score (nSPS) is 17.0. The van der Waals surface area contributed by atoms with Gasteiger partial charge in [-0.05, 0) is 46.8 Å². The van der Waals surface area contributed by atoms with E-state index in [4.69, 9.17) is 10.2 Å². The van der Waals surface area contributed by atoms with Crippen LogP contribution in [-0.2, 0) is 6.42 Å². The molecule has 0 atom stereocenters. The average Bonchev–Trinajstić information content (AvgIpc) is 2.88. The third-order valence-electron chi connectivity index (χ3n) is 4.43. The van der Waals surface area contributed by atoms with Crippen LogP contribution in [0.15, 0.2) is 38.3 Å². The first kappa shape index (κ1) is 18.4. The van der Waals surface area contributed by atoms with Crippen LogP contribution in [0.3, 0.4) is 0 Å². The van der Waals surface area contributed by atoms with Gasteiger partial charge in [-0.1, -0.05) is 26.0 Å². The van der Waals surface area contributed by atoms with Crippen molar-refractivity contribution in [3.05, 3.63) is 56.9 Å². The fourth-order valence-electron chi connectivity index (χ4n) is 3.27. The van der Waals surface area contributed by atoms with Gasteiger partial charge in [0, 0.05) is 22.0 Å². The minimum atomic E-state index is -0.605. The van der Waals surface area contributed by atoms with Crippen molar-refractivity contribution in [3.8, 4) is 0 Å². The molecule has 26 heavy (non-hydrogen) atoms. The molecule has 2 aromatic rings. The quantitative estimate of drug-likeness (QED) is 0.746. The highest BCUT2D eigenvalue weighted by molar-refractivity contribution is 9.10. The lowest BCUT2D eigenvalue weighted by atomic mass is 9.75. The number of furan rings is 1. The molecule has 2 amide bonds. The zero-order chi connectivity index (χ0) is 19.1. The topological polar surface area (TPSA) is 97.7 Å². The fraction of sp³-hybridized carbons (Fsp3) is 0.316. The van der Waals surface area contributed by atoms with Gasteiger partial charge in [0.25, 0.3) is 11.8 Å². The molecule has 136 valence electrons. The molecule has 0 fully saturated rings. The van der Waals surface area contributed by atoms with E-state index in [-0.39, 0.29) is 17.1 Å². The highest BCUT2D eigenvalue weighted by Gasteiger charge is 2.35. The van der Waals surface area contributed by atoms with Crippen molar-refractivity contribution in [2.24, 2.45) is 16.3 Å². The molecule has 1 aliphatic carbocycles. The van der Waals surface area contributed by atoms with Crippen molar-refractivity contribution in [3.63, 3.8) is 0 Å². The summed E-state index contributed by atoms with van der Waals surface area (Å²) in [6, 6.07) is 7.13. The lowest BCUT2D eigenvalue weighted by Crippen LogP contribution is -2.29. The van der Waals surface area contributed by atoms with Gasteiger partial charge in [0.1, 0.15) is 5.76 Å². The summed E-state index contributed by atoms with van der Waals surface area (Å²) in [6.07, 6.45) is 1.32. The molecule has 0 unspecified atom stereocenters. The summed E-state index contributed by atoms with van der Waals surface area (Å²) in [5.41, 5.74) is 10.5. The summed E-state index contributed by atoms with van der Waals surface area (Å²) >= 11 is 3.36. The number of fused-ring (bicyclic) bond motifs is 1. The van der Waals surface area contributed by atoms with Crippen molar-refractivity contribution in [1.82, 2.24) is 5.43 Å². The SMILES string of the molecule is Cc1c(C(N)=O)oc2c1/C(=N/NC(=O)c1ccccc1Br)CC(C)(C)C2. The Morgan fingerprint density at radius 3 is 2.62 bits per heavy atom. The predicted octanol–water partition coefficient (Wildman–Crippen LogP) is 3.56. The van der Waals surface area contributed by atoms with Gasteiger partial charge in [-0.2, -0.15) is 5.10 Å². The van der Waals surface area contributed by atoms with Crippen molar-refractivity contribution in [2.45, 2.75) is 33.6 Å². The number of nitrogens with one attached hydrogen (secondary N) is 1. The van der Waals surface area contributed by atoms with E-state index in [2.05, 4.69) is 40.3 Å². The van der Waals surface area contributed by atoms with Crippen LogP contribution in [0.25, 0.3) is 0 Å². The highest BCUT2D eigenvalue weighted by atomic mass is 79.9. The lowest BCUT2D eigenvalue weighted by Gasteiger charge is -2.29. The van der Waals surface area contributed by atoms with E-state index < -0.39 is 5.91 Å². The molecule has 0 saturated carbocycles. The fourth-order valence-corrected chi connectivity index (χ4v) is 3.73. The number of hydrogen-bond donors (Lipinski definition) is 2. The largest absolute Gasteiger partial charge is 0.455 e. The maximum atomic E-state index is 12.4. The van der Waals surface area contributed by atoms with Gasteiger partial charge >= 0.3 is 0 Å². The van der Waals surface area contributed by atoms with Gasteiger partial charge in [0.15, 0.2) is 5.76 Å². The Balaban J connectivity index is 1.97. The average molecular weight is 418 g/mol. The molecule has 1 aromatic heterocycles. The second-order valence-electron chi connectivity index (χ2n) is 7.22. The Bertz CT molecular complexity index is 928. The van der Waals surface area contributed by atoms with Crippen LogP contribution in [0.2, 0.25) is 0 Å². The third kappa shape index (κ3) is 3.44. The molecular weight excluding hydrogens is 398 g/mol. The Kier molecular flexibility index (Phi) is 4.75. The van der Waals surface area contributed by atoms with E-state index in [1.165, 1.54) is 0 Å². The number of rotatable bonds is 3. The number of halogens is 1. The van der Waals surface area contributed by atoms with E-state index in [1.807, 2.05) is 6.07 Å². The molecule has 1 aromatic carbocycles. The summed E-state index contributed by atoms with van der Waals surface area (Å²) in [7, 11) is 0. The summed E-state index contributed by atoms with van der Waals surface area (Å²) in [5.74, 6) is -0.0866. The highest BCUT2D eigenvalue weighted by Crippen LogP contribution is 2.38. The molecule has 0 bridgehead atoms. The van der Waals surface area contributed by atoms with Crippen LogP contribution in [0.4, 0.5) is 0 Å². The van der Waals surface area contributed by atoms with Crippen LogP contribution < -0.4 is 11.2 Å². The molecule has 7 heteroatoms. The van der Waals surface area contributed by atoms with Crippen LogP contribution >= 0.6 is 15.9 Å². The molecule has 0 spiro atoms. The summed E-state index contributed by atoms with van der Waals surface area (Å²) in [5, 5.41) is 4.36. The van der Waals surface area contributed by atoms with Crippen LogP contribution in [-0.4, -0.2) is 17.5 Å². The Morgan fingerprint density at radius 1 is 1.27 bits per heavy atom. The minimum Gasteiger partial charge on any atom is -0.455 e. The smallest absolute Gasteiger partial charge is 0.284 e. The third-order valence-corrected chi connectivity index (χ3v) is 5.12. The number of nitrogens with zero attached hydrogens (tertiary/aromatic N) is 1. The van der Waals surface area contributed by atoms with E-state index >= 15 is 0 Å². The molecule has 0 aliphatic heterocycles. The molecule has 1 heterocycles. The number of hydrogen-bond acceptors (Lipinski definition) is 4. The van der Waals surface area contributed by atoms with Crippen LogP contribution in [0.5, 0.6) is 0 Å². The Hall–Kier alpha value is -2.41. The molecular formula is C19H20BrN3O3. The monoisotopic (exact) mass is 417 g/mol. The van der Waals surface area contributed by atoms with Crippen molar-refractivity contribution in [1.29, 1.82) is 0 Å². The Labute approximate surface area is 160 Å². The molecule has 3 rings (SSSR count). The second-order valence-corrected chi connectivity index (χ2v) is 8.07. The van der Waals surface area contributed by atoms with Crippen molar-refractivity contribution < 1.29 is 14.0 Å². The summed E-state index contributed by atoms with van der Waals surface area (Å²) in [4.78, 5) is 24.0. The first-order chi connectivity index (χ1) is 12.2. The number of amides is 2. The summed E-state index contributed by atoms with van der Waals surface area (Å²) in [6.45, 7) is 5.96. The lowest BCUT2D eigenvalue weighted by molar-refractivity contribution is 0.0951. The number of hydrazone groups is 1. The standard InChI is InChI=1S/C19H20BrN3O3/c1-10-15-13(22-23-18(25)11-6-4-5-7-12(11)20)8-19(2,3)9-14(15)26-16(10)17(21)24/h4-7H,8-9H2,1-3H3,(H2,21,24)(H,23,25)/b22-13+. The van der Waals surface area contributed by atoms with Gasteiger partial charge in [-0.3, -0.25) is 9.59 Å². The van der Waals surface area contributed by atoms with Crippen molar-refractivity contribution >= 4 is 33.5 Å². The van der Waals surface area contributed by atoms with Gasteiger partial charge < -0.3 is 10.2 Å². The number of benzene rings is 1. The molecule has 6 nitrogen and oxygen atoms in total. The minimum absolute atomic E-state index is 0.108. The predicted molar refractivity (Wildman–Crippen MR) is 102 cm³/mol. The van der Waals surface area contributed by atoms with E-state index in [1.54, 1.807) is 25.1 Å². The second kappa shape index (κ2) is 6.72.